The monoisotopic (exact) mass is 362 g/mol. The predicted molar refractivity (Wildman–Crippen MR) is 87.3 cm³/mol. The number of aryl methyl sites for hydroxylation is 1. The van der Waals surface area contributed by atoms with Gasteiger partial charge in [-0.25, -0.2) is 9.97 Å². The van der Waals surface area contributed by atoms with Gasteiger partial charge in [-0.2, -0.15) is 0 Å². The third-order valence-corrected chi connectivity index (χ3v) is 4.34. The van der Waals surface area contributed by atoms with Gasteiger partial charge in [0.05, 0.1) is 10.2 Å². The second-order valence-corrected chi connectivity index (χ2v) is 5.64. The number of hydrogen-bond acceptors (Lipinski definition) is 3. The maximum Gasteiger partial charge on any atom is 0.197 e. The minimum atomic E-state index is 0.369. The van der Waals surface area contributed by atoms with Crippen molar-refractivity contribution in [3.8, 4) is 22.8 Å². The molecule has 1 aromatic carbocycles. The summed E-state index contributed by atoms with van der Waals surface area (Å²) in [4.78, 5) is 8.88. The van der Waals surface area contributed by atoms with Crippen LogP contribution in [0, 0.1) is 0 Å². The second-order valence-electron chi connectivity index (χ2n) is 4.49. The number of rotatable bonds is 3. The lowest BCUT2D eigenvalue weighted by molar-refractivity contribution is 0.525. The first-order chi connectivity index (χ1) is 10.2. The molecule has 0 fully saturated rings. The molecule has 0 aliphatic carbocycles. The summed E-state index contributed by atoms with van der Waals surface area (Å²) >= 11 is 9.67. The zero-order valence-electron chi connectivity index (χ0n) is 11.3. The Morgan fingerprint density at radius 3 is 2.52 bits per heavy atom. The van der Waals surface area contributed by atoms with Crippen LogP contribution in [-0.4, -0.2) is 9.97 Å². The molecule has 0 bridgehead atoms. The second kappa shape index (κ2) is 6.00. The quantitative estimate of drug-likeness (QED) is 0.586. The standard InChI is InChI=1S/C16H12BrClN2O/c1-2-11-8-9-12(21-11)16-19-14(13(17)15(18)20-16)10-6-4-3-5-7-10/h3-9H,2H2,1H3. The first-order valence-corrected chi connectivity index (χ1v) is 7.73. The maximum atomic E-state index is 6.22. The molecule has 0 saturated carbocycles. The average molecular weight is 364 g/mol. The molecular weight excluding hydrogens is 352 g/mol. The van der Waals surface area contributed by atoms with Crippen molar-refractivity contribution in [1.29, 1.82) is 0 Å². The van der Waals surface area contributed by atoms with Gasteiger partial charge in [0.15, 0.2) is 11.6 Å². The molecule has 2 heterocycles. The fourth-order valence-electron chi connectivity index (χ4n) is 2.01. The smallest absolute Gasteiger partial charge is 0.197 e. The zero-order valence-corrected chi connectivity index (χ0v) is 13.6. The topological polar surface area (TPSA) is 38.9 Å². The minimum Gasteiger partial charge on any atom is -0.458 e. The van der Waals surface area contributed by atoms with E-state index in [-0.39, 0.29) is 0 Å². The van der Waals surface area contributed by atoms with Crippen molar-refractivity contribution in [2.24, 2.45) is 0 Å². The van der Waals surface area contributed by atoms with Gasteiger partial charge < -0.3 is 4.42 Å². The molecule has 0 saturated heterocycles. The van der Waals surface area contributed by atoms with Crippen LogP contribution >= 0.6 is 27.5 Å². The van der Waals surface area contributed by atoms with Crippen LogP contribution < -0.4 is 0 Å². The molecule has 21 heavy (non-hydrogen) atoms. The van der Waals surface area contributed by atoms with Crippen LogP contribution in [0.15, 0.2) is 51.4 Å². The summed E-state index contributed by atoms with van der Waals surface area (Å²) in [5.74, 6) is 2.01. The van der Waals surface area contributed by atoms with Gasteiger partial charge in [0, 0.05) is 12.0 Å². The molecule has 0 amide bonds. The summed E-state index contributed by atoms with van der Waals surface area (Å²) in [7, 11) is 0. The van der Waals surface area contributed by atoms with Crippen LogP contribution in [0.25, 0.3) is 22.8 Å². The molecule has 0 atom stereocenters. The molecule has 0 unspecified atom stereocenters. The molecule has 0 aliphatic rings. The highest BCUT2D eigenvalue weighted by molar-refractivity contribution is 9.10. The lowest BCUT2D eigenvalue weighted by atomic mass is 10.1. The third-order valence-electron chi connectivity index (χ3n) is 3.09. The van der Waals surface area contributed by atoms with Crippen molar-refractivity contribution in [3.05, 3.63) is 57.9 Å². The summed E-state index contributed by atoms with van der Waals surface area (Å²) in [5.41, 5.74) is 1.72. The Kier molecular flexibility index (Phi) is 4.08. The SMILES string of the molecule is CCc1ccc(-c2nc(Cl)c(Br)c(-c3ccccc3)n2)o1. The number of hydrogen-bond donors (Lipinski definition) is 0. The molecule has 0 radical (unpaired) electrons. The van der Waals surface area contributed by atoms with E-state index in [4.69, 9.17) is 16.0 Å². The Balaban J connectivity index is 2.14. The van der Waals surface area contributed by atoms with E-state index in [1.165, 1.54) is 0 Å². The lowest BCUT2D eigenvalue weighted by Gasteiger charge is -2.07. The molecule has 5 heteroatoms. The van der Waals surface area contributed by atoms with Crippen molar-refractivity contribution in [2.45, 2.75) is 13.3 Å². The van der Waals surface area contributed by atoms with Gasteiger partial charge >= 0.3 is 0 Å². The summed E-state index contributed by atoms with van der Waals surface area (Å²) in [6.07, 6.45) is 0.829. The number of aromatic nitrogens is 2. The van der Waals surface area contributed by atoms with E-state index in [2.05, 4.69) is 25.9 Å². The molecule has 0 aliphatic heterocycles. The first-order valence-electron chi connectivity index (χ1n) is 6.56. The molecule has 3 rings (SSSR count). The number of benzene rings is 1. The van der Waals surface area contributed by atoms with E-state index in [1.807, 2.05) is 49.4 Å². The van der Waals surface area contributed by atoms with Crippen molar-refractivity contribution < 1.29 is 4.42 Å². The van der Waals surface area contributed by atoms with E-state index < -0.39 is 0 Å². The minimum absolute atomic E-state index is 0.369. The third kappa shape index (κ3) is 2.87. The van der Waals surface area contributed by atoms with Crippen molar-refractivity contribution in [3.63, 3.8) is 0 Å². The van der Waals surface area contributed by atoms with E-state index in [0.29, 0.717) is 21.2 Å². The average Bonchev–Trinajstić information content (AvgIpc) is 3.00. The Morgan fingerprint density at radius 2 is 1.86 bits per heavy atom. The van der Waals surface area contributed by atoms with E-state index in [1.54, 1.807) is 0 Å². The van der Waals surface area contributed by atoms with Gasteiger partial charge in [-0.3, -0.25) is 0 Å². The molecule has 106 valence electrons. The molecular formula is C16H12BrClN2O. The first kappa shape index (κ1) is 14.3. The van der Waals surface area contributed by atoms with Crippen LogP contribution in [0.2, 0.25) is 5.15 Å². The van der Waals surface area contributed by atoms with Crippen molar-refractivity contribution in [2.75, 3.05) is 0 Å². The van der Waals surface area contributed by atoms with E-state index >= 15 is 0 Å². The van der Waals surface area contributed by atoms with Gasteiger partial charge in [-0.15, -0.1) is 0 Å². The zero-order chi connectivity index (χ0) is 14.8. The fraction of sp³-hybridized carbons (Fsp3) is 0.125. The highest BCUT2D eigenvalue weighted by Gasteiger charge is 2.15. The Hall–Kier alpha value is -1.65. The summed E-state index contributed by atoms with van der Waals surface area (Å²) in [5, 5.41) is 0.369. The largest absolute Gasteiger partial charge is 0.458 e. The highest BCUT2D eigenvalue weighted by atomic mass is 79.9. The summed E-state index contributed by atoms with van der Waals surface area (Å²) < 4.78 is 6.39. The number of halogens is 2. The molecule has 3 nitrogen and oxygen atoms in total. The molecule has 0 N–H and O–H groups in total. The fourth-order valence-corrected chi connectivity index (χ4v) is 2.58. The van der Waals surface area contributed by atoms with Crippen molar-refractivity contribution >= 4 is 27.5 Å². The number of furan rings is 1. The summed E-state index contributed by atoms with van der Waals surface area (Å²) in [6.45, 7) is 2.04. The molecule has 2 aromatic heterocycles. The van der Waals surface area contributed by atoms with Gasteiger partial charge in [0.1, 0.15) is 10.9 Å². The molecule has 0 spiro atoms. The Labute approximate surface area is 136 Å². The lowest BCUT2D eigenvalue weighted by Crippen LogP contribution is -1.94. The van der Waals surface area contributed by atoms with Crippen LogP contribution in [0.1, 0.15) is 12.7 Å². The Bertz CT molecular complexity index is 771. The predicted octanol–water partition coefficient (Wildman–Crippen LogP) is 5.38. The van der Waals surface area contributed by atoms with Crippen molar-refractivity contribution in [1.82, 2.24) is 9.97 Å². The Morgan fingerprint density at radius 1 is 1.10 bits per heavy atom. The van der Waals surface area contributed by atoms with Gasteiger partial charge in [0.2, 0.25) is 0 Å². The van der Waals surface area contributed by atoms with Crippen LogP contribution in [-0.2, 0) is 6.42 Å². The highest BCUT2D eigenvalue weighted by Crippen LogP contribution is 2.33. The van der Waals surface area contributed by atoms with Gasteiger partial charge in [-0.05, 0) is 28.1 Å². The van der Waals surface area contributed by atoms with Gasteiger partial charge in [-0.1, -0.05) is 48.9 Å². The van der Waals surface area contributed by atoms with E-state index in [0.717, 1.165) is 23.4 Å². The molecule has 3 aromatic rings. The van der Waals surface area contributed by atoms with Crippen LogP contribution in [0.5, 0.6) is 0 Å². The van der Waals surface area contributed by atoms with Crippen LogP contribution in [0.3, 0.4) is 0 Å². The van der Waals surface area contributed by atoms with Gasteiger partial charge in [0.25, 0.3) is 0 Å². The van der Waals surface area contributed by atoms with Crippen LogP contribution in [0.4, 0.5) is 0 Å². The van der Waals surface area contributed by atoms with E-state index in [9.17, 15) is 0 Å². The number of nitrogens with zero attached hydrogens (tertiary/aromatic N) is 2. The summed E-state index contributed by atoms with van der Waals surface area (Å²) in [6, 6.07) is 13.6. The normalized spacial score (nSPS) is 10.8. The maximum absolute atomic E-state index is 6.22.